The number of para-hydroxylation sites is 1. The summed E-state index contributed by atoms with van der Waals surface area (Å²) in [5.41, 5.74) is 6.24. The van der Waals surface area contributed by atoms with Gasteiger partial charge in [0.15, 0.2) is 0 Å². The molecule has 1 amide bonds. The quantitative estimate of drug-likeness (QED) is 0.515. The van der Waals surface area contributed by atoms with E-state index >= 15 is 0 Å². The Morgan fingerprint density at radius 3 is 2.19 bits per heavy atom. The van der Waals surface area contributed by atoms with Crippen molar-refractivity contribution in [1.29, 1.82) is 0 Å². The first kappa shape index (κ1) is 24.3. The molecule has 0 saturated carbocycles. The molecule has 0 spiro atoms. The average Bonchev–Trinajstić information content (AvgIpc) is 3.11. The number of fused-ring (bicyclic) bond motifs is 1. The molecule has 6 heteroatoms. The Morgan fingerprint density at radius 1 is 0.806 bits per heavy atom. The largest absolute Gasteiger partial charge is 0.492 e. The fraction of sp³-hybridized carbons (Fsp3) is 0.367. The van der Waals surface area contributed by atoms with Gasteiger partial charge in [0.05, 0.1) is 0 Å². The molecule has 2 heterocycles. The summed E-state index contributed by atoms with van der Waals surface area (Å²) < 4.78 is 6.10. The molecule has 3 aromatic carbocycles. The molecule has 6 nitrogen and oxygen atoms in total. The van der Waals surface area contributed by atoms with E-state index in [0.29, 0.717) is 6.61 Å². The molecule has 1 fully saturated rings. The van der Waals surface area contributed by atoms with E-state index in [1.165, 1.54) is 28.1 Å². The Bertz CT molecular complexity index is 1160. The van der Waals surface area contributed by atoms with Crippen molar-refractivity contribution in [2.24, 2.45) is 0 Å². The summed E-state index contributed by atoms with van der Waals surface area (Å²) in [4.78, 5) is 20.7. The van der Waals surface area contributed by atoms with Crippen molar-refractivity contribution < 1.29 is 9.53 Å². The van der Waals surface area contributed by atoms with Crippen LogP contribution in [0.5, 0.6) is 5.75 Å². The minimum absolute atomic E-state index is 0.176. The van der Waals surface area contributed by atoms with Gasteiger partial charge < -0.3 is 14.5 Å². The molecule has 0 N–H and O–H groups in total. The zero-order chi connectivity index (χ0) is 24.9. The normalized spacial score (nSPS) is 16.7. The van der Waals surface area contributed by atoms with Gasteiger partial charge >= 0.3 is 0 Å². The van der Waals surface area contributed by atoms with E-state index in [-0.39, 0.29) is 5.91 Å². The second-order valence-electron chi connectivity index (χ2n) is 9.84. The number of hydrogen-bond donors (Lipinski definition) is 0. The Labute approximate surface area is 214 Å². The summed E-state index contributed by atoms with van der Waals surface area (Å²) >= 11 is 0. The van der Waals surface area contributed by atoms with Crippen molar-refractivity contribution in [2.75, 3.05) is 51.3 Å². The highest BCUT2D eigenvalue weighted by atomic mass is 16.5. The number of carbonyl (C=O) groups is 1. The van der Waals surface area contributed by atoms with E-state index in [0.717, 1.165) is 58.1 Å². The molecule has 0 aromatic heterocycles. The zero-order valence-electron chi connectivity index (χ0n) is 21.4. The third-order valence-corrected chi connectivity index (χ3v) is 7.28. The first-order valence-corrected chi connectivity index (χ1v) is 12.9. The van der Waals surface area contributed by atoms with Gasteiger partial charge in [0.2, 0.25) is 5.91 Å². The van der Waals surface area contributed by atoms with Crippen molar-refractivity contribution in [3.63, 3.8) is 0 Å². The lowest BCUT2D eigenvalue weighted by molar-refractivity contribution is -0.130. The van der Waals surface area contributed by atoms with Gasteiger partial charge in [0.1, 0.15) is 12.4 Å². The molecule has 0 atom stereocenters. The molecule has 36 heavy (non-hydrogen) atoms. The average molecular weight is 485 g/mol. The van der Waals surface area contributed by atoms with Crippen molar-refractivity contribution >= 4 is 17.3 Å². The molecule has 3 aromatic rings. The van der Waals surface area contributed by atoms with Crippen molar-refractivity contribution in [2.45, 2.75) is 26.6 Å². The predicted molar refractivity (Wildman–Crippen MR) is 145 cm³/mol. The highest BCUT2D eigenvalue weighted by molar-refractivity contribution is 5.73. The van der Waals surface area contributed by atoms with Gasteiger partial charge in [0.25, 0.3) is 0 Å². The highest BCUT2D eigenvalue weighted by Gasteiger charge is 2.20. The number of hydrogen-bond acceptors (Lipinski definition) is 5. The van der Waals surface area contributed by atoms with Crippen molar-refractivity contribution in [3.8, 4) is 5.75 Å². The van der Waals surface area contributed by atoms with Crippen LogP contribution in [0.4, 0.5) is 11.4 Å². The first-order valence-electron chi connectivity index (χ1n) is 12.9. The van der Waals surface area contributed by atoms with Crippen LogP contribution in [0.25, 0.3) is 0 Å². The summed E-state index contributed by atoms with van der Waals surface area (Å²) in [6, 6.07) is 25.9. The van der Waals surface area contributed by atoms with E-state index in [2.05, 4.69) is 88.5 Å². The van der Waals surface area contributed by atoms with Gasteiger partial charge in [-0.05, 0) is 47.5 Å². The zero-order valence-corrected chi connectivity index (χ0v) is 21.4. The lowest BCUT2D eigenvalue weighted by atomic mass is 10.1. The van der Waals surface area contributed by atoms with Gasteiger partial charge in [-0.15, -0.1) is 0 Å². The molecule has 2 aliphatic rings. The summed E-state index contributed by atoms with van der Waals surface area (Å²) in [5.74, 6) is 1.18. The number of rotatable bonds is 6. The van der Waals surface area contributed by atoms with Crippen LogP contribution in [-0.2, 0) is 24.4 Å². The van der Waals surface area contributed by atoms with Crippen molar-refractivity contribution in [1.82, 2.24) is 14.7 Å². The van der Waals surface area contributed by atoms with Crippen LogP contribution in [0.2, 0.25) is 0 Å². The van der Waals surface area contributed by atoms with Gasteiger partial charge in [-0.3, -0.25) is 14.6 Å². The molecule has 1 saturated heterocycles. The van der Waals surface area contributed by atoms with Crippen LogP contribution >= 0.6 is 0 Å². The molecule has 0 bridgehead atoms. The van der Waals surface area contributed by atoms with Crippen LogP contribution in [0.15, 0.2) is 72.8 Å². The van der Waals surface area contributed by atoms with E-state index in [9.17, 15) is 4.79 Å². The number of carbonyl (C=O) groups excluding carboxylic acids is 1. The molecule has 0 aliphatic carbocycles. The highest BCUT2D eigenvalue weighted by Crippen LogP contribution is 2.27. The van der Waals surface area contributed by atoms with Crippen LogP contribution in [0.1, 0.15) is 23.6 Å². The number of benzene rings is 3. The second-order valence-corrected chi connectivity index (χ2v) is 9.84. The number of ether oxygens (including phenoxy) is 1. The molecule has 5 rings (SSSR count). The summed E-state index contributed by atoms with van der Waals surface area (Å²) in [7, 11) is 2.11. The lowest BCUT2D eigenvalue weighted by Gasteiger charge is -2.34. The minimum Gasteiger partial charge on any atom is -0.492 e. The third-order valence-electron chi connectivity index (χ3n) is 7.28. The Kier molecular flexibility index (Phi) is 7.54. The fourth-order valence-corrected chi connectivity index (χ4v) is 5.10. The Hall–Kier alpha value is -3.35. The summed E-state index contributed by atoms with van der Waals surface area (Å²) in [6.07, 6.45) is 0. The lowest BCUT2D eigenvalue weighted by Crippen LogP contribution is -2.47. The maximum atomic E-state index is 11.6. The molecule has 188 valence electrons. The molecular weight excluding hydrogens is 448 g/mol. The summed E-state index contributed by atoms with van der Waals surface area (Å²) in [5, 5.41) is 0. The SMILES string of the molecule is CC(=O)N1CCN(Cc2ccc3c(c2)CN(Cc2ccc(N(C)c4ccccc4)cc2)CCO3)CC1. The number of nitrogens with zero attached hydrogens (tertiary/aromatic N) is 4. The fourth-order valence-electron chi connectivity index (χ4n) is 5.10. The van der Waals surface area contributed by atoms with Crippen LogP contribution < -0.4 is 9.64 Å². The van der Waals surface area contributed by atoms with E-state index in [1.807, 2.05) is 11.0 Å². The molecule has 0 radical (unpaired) electrons. The topological polar surface area (TPSA) is 39.3 Å². The van der Waals surface area contributed by atoms with Gasteiger partial charge in [0, 0.05) is 83.3 Å². The second kappa shape index (κ2) is 11.1. The maximum absolute atomic E-state index is 11.6. The van der Waals surface area contributed by atoms with Crippen LogP contribution in [-0.4, -0.2) is 67.0 Å². The molecule has 0 unspecified atom stereocenters. The van der Waals surface area contributed by atoms with Crippen molar-refractivity contribution in [3.05, 3.63) is 89.5 Å². The van der Waals surface area contributed by atoms with Gasteiger partial charge in [-0.1, -0.05) is 36.4 Å². The first-order chi connectivity index (χ1) is 17.5. The summed E-state index contributed by atoms with van der Waals surface area (Å²) in [6.45, 7) is 9.44. The smallest absolute Gasteiger partial charge is 0.219 e. The Balaban J connectivity index is 1.21. The van der Waals surface area contributed by atoms with Crippen LogP contribution in [0, 0.1) is 0 Å². The standard InChI is InChI=1S/C30H36N4O2/c1-24(35)34-16-14-32(15-17-34)22-26-10-13-30-27(20-26)23-33(18-19-36-30)21-25-8-11-29(12-9-25)31(2)28-6-4-3-5-7-28/h3-13,20H,14-19,21-23H2,1-2H3. The van der Waals surface area contributed by atoms with E-state index in [4.69, 9.17) is 4.74 Å². The van der Waals surface area contributed by atoms with Gasteiger partial charge in [-0.2, -0.15) is 0 Å². The molecular formula is C30H36N4O2. The number of amides is 1. The number of piperazine rings is 1. The van der Waals surface area contributed by atoms with Gasteiger partial charge in [-0.25, -0.2) is 0 Å². The molecule has 2 aliphatic heterocycles. The van der Waals surface area contributed by atoms with E-state index in [1.54, 1.807) is 6.92 Å². The third kappa shape index (κ3) is 5.89. The van der Waals surface area contributed by atoms with E-state index < -0.39 is 0 Å². The Morgan fingerprint density at radius 2 is 1.47 bits per heavy atom. The minimum atomic E-state index is 0.176. The monoisotopic (exact) mass is 484 g/mol. The van der Waals surface area contributed by atoms with Crippen LogP contribution in [0.3, 0.4) is 0 Å². The predicted octanol–water partition coefficient (Wildman–Crippen LogP) is 4.51. The maximum Gasteiger partial charge on any atom is 0.219 e. The number of anilines is 2.